The van der Waals surface area contributed by atoms with Crippen LogP contribution in [0.2, 0.25) is 0 Å². The van der Waals surface area contributed by atoms with Crippen LogP contribution in [0.3, 0.4) is 0 Å². The van der Waals surface area contributed by atoms with Crippen molar-refractivity contribution in [3.8, 4) is 11.5 Å². The summed E-state index contributed by atoms with van der Waals surface area (Å²) in [4.78, 5) is 14.2. The first-order chi connectivity index (χ1) is 13.0. The Hall–Kier alpha value is -2.47. The smallest absolute Gasteiger partial charge is 0.234 e. The van der Waals surface area contributed by atoms with Gasteiger partial charge in [0.25, 0.3) is 0 Å². The lowest BCUT2D eigenvalue weighted by Gasteiger charge is -2.15. The van der Waals surface area contributed by atoms with E-state index < -0.39 is 0 Å². The highest BCUT2D eigenvalue weighted by Gasteiger charge is 2.36. The molecule has 2 atom stereocenters. The molecule has 3 rings (SSSR count). The molecule has 1 aliphatic rings. The summed E-state index contributed by atoms with van der Waals surface area (Å²) in [6, 6.07) is 9.69. The van der Waals surface area contributed by atoms with E-state index in [4.69, 9.17) is 13.9 Å². The Morgan fingerprint density at radius 3 is 2.63 bits per heavy atom. The Bertz CT molecular complexity index is 786. The normalized spacial score (nSPS) is 18.4. The van der Waals surface area contributed by atoms with Crippen molar-refractivity contribution in [1.82, 2.24) is 10.2 Å². The maximum absolute atomic E-state index is 12.2. The molecule has 0 saturated heterocycles. The fraction of sp³-hybridized carbons (Fsp3) is 0.476. The highest BCUT2D eigenvalue weighted by molar-refractivity contribution is 5.78. The van der Waals surface area contributed by atoms with Gasteiger partial charge in [0.05, 0.1) is 27.3 Å². The van der Waals surface area contributed by atoms with Crippen LogP contribution in [-0.4, -0.2) is 38.6 Å². The largest absolute Gasteiger partial charge is 0.493 e. The summed E-state index contributed by atoms with van der Waals surface area (Å²) >= 11 is 0. The summed E-state index contributed by atoms with van der Waals surface area (Å²) in [7, 11) is 5.11. The summed E-state index contributed by atoms with van der Waals surface area (Å²) in [6.45, 7) is 3.60. The Labute approximate surface area is 160 Å². The van der Waals surface area contributed by atoms with Gasteiger partial charge in [-0.2, -0.15) is 0 Å². The molecule has 2 aromatic rings. The van der Waals surface area contributed by atoms with Gasteiger partial charge in [-0.1, -0.05) is 13.0 Å². The van der Waals surface area contributed by atoms with Gasteiger partial charge < -0.3 is 19.2 Å². The van der Waals surface area contributed by atoms with Crippen LogP contribution in [0.25, 0.3) is 0 Å². The molecule has 1 heterocycles. The van der Waals surface area contributed by atoms with E-state index in [0.717, 1.165) is 23.0 Å². The van der Waals surface area contributed by atoms with Crippen molar-refractivity contribution in [2.45, 2.75) is 32.4 Å². The van der Waals surface area contributed by atoms with Gasteiger partial charge in [-0.25, -0.2) is 0 Å². The summed E-state index contributed by atoms with van der Waals surface area (Å²) in [5, 5.41) is 2.94. The van der Waals surface area contributed by atoms with Gasteiger partial charge in [-0.3, -0.25) is 9.69 Å². The zero-order valence-corrected chi connectivity index (χ0v) is 16.5. The zero-order chi connectivity index (χ0) is 19.4. The number of hydrogen-bond donors (Lipinski definition) is 1. The number of nitrogens with one attached hydrogen (secondary N) is 1. The molecule has 0 bridgehead atoms. The average molecular weight is 372 g/mol. The number of hydrogen-bond acceptors (Lipinski definition) is 5. The van der Waals surface area contributed by atoms with E-state index in [2.05, 4.69) is 18.3 Å². The maximum atomic E-state index is 12.2. The standard InChI is InChI=1S/C21H28N2O4/c1-14-9-17(14)18-8-6-16(27-18)12-23(2)13-21(24)22-11-15-5-7-19(25-3)20(10-15)26-4/h5-8,10,14,17H,9,11-13H2,1-4H3,(H,22,24). The lowest BCUT2D eigenvalue weighted by Crippen LogP contribution is -2.34. The SMILES string of the molecule is COc1ccc(CNC(=O)CN(C)Cc2ccc(C3CC3C)o2)cc1OC. The van der Waals surface area contributed by atoms with E-state index in [-0.39, 0.29) is 5.91 Å². The maximum Gasteiger partial charge on any atom is 0.234 e. The second-order valence-electron chi connectivity index (χ2n) is 7.26. The third-order valence-corrected chi connectivity index (χ3v) is 4.93. The van der Waals surface area contributed by atoms with Crippen molar-refractivity contribution < 1.29 is 18.7 Å². The number of ether oxygens (including phenoxy) is 2. The minimum absolute atomic E-state index is 0.0325. The Morgan fingerprint density at radius 2 is 1.96 bits per heavy atom. The van der Waals surface area contributed by atoms with Crippen molar-refractivity contribution >= 4 is 5.91 Å². The van der Waals surface area contributed by atoms with Crippen LogP contribution in [0.1, 0.15) is 36.3 Å². The molecule has 0 radical (unpaired) electrons. The first kappa shape index (κ1) is 19.3. The number of likely N-dealkylation sites (N-methyl/N-ethyl adjacent to an activating group) is 1. The van der Waals surface area contributed by atoms with Crippen molar-refractivity contribution in [2.24, 2.45) is 5.92 Å². The summed E-state index contributed by atoms with van der Waals surface area (Å²) < 4.78 is 16.4. The van der Waals surface area contributed by atoms with Crippen LogP contribution in [0, 0.1) is 5.92 Å². The first-order valence-electron chi connectivity index (χ1n) is 9.25. The predicted octanol–water partition coefficient (Wildman–Crippen LogP) is 3.17. The molecule has 1 aliphatic carbocycles. The van der Waals surface area contributed by atoms with Gasteiger partial charge in [0.1, 0.15) is 11.5 Å². The monoisotopic (exact) mass is 372 g/mol. The van der Waals surface area contributed by atoms with Gasteiger partial charge >= 0.3 is 0 Å². The molecule has 1 aromatic heterocycles. The van der Waals surface area contributed by atoms with Gasteiger partial charge in [-0.05, 0) is 49.2 Å². The topological polar surface area (TPSA) is 63.9 Å². The Balaban J connectivity index is 1.45. The van der Waals surface area contributed by atoms with Gasteiger partial charge in [-0.15, -0.1) is 0 Å². The molecule has 1 N–H and O–H groups in total. The number of carbonyl (C=O) groups is 1. The van der Waals surface area contributed by atoms with Gasteiger partial charge in [0.15, 0.2) is 11.5 Å². The molecule has 6 nitrogen and oxygen atoms in total. The molecule has 2 unspecified atom stereocenters. The second kappa shape index (κ2) is 8.48. The van der Waals surface area contributed by atoms with Gasteiger partial charge in [0.2, 0.25) is 5.91 Å². The van der Waals surface area contributed by atoms with Crippen molar-refractivity contribution in [3.63, 3.8) is 0 Å². The molecule has 1 amide bonds. The lowest BCUT2D eigenvalue weighted by atomic mass is 10.2. The molecular formula is C21H28N2O4. The van der Waals surface area contributed by atoms with Crippen LogP contribution in [0.4, 0.5) is 0 Å². The van der Waals surface area contributed by atoms with E-state index in [0.29, 0.717) is 37.1 Å². The molecule has 0 aliphatic heterocycles. The fourth-order valence-corrected chi connectivity index (χ4v) is 3.21. The molecule has 27 heavy (non-hydrogen) atoms. The van der Waals surface area contributed by atoms with Crippen molar-refractivity contribution in [3.05, 3.63) is 47.4 Å². The van der Waals surface area contributed by atoms with Crippen molar-refractivity contribution in [2.75, 3.05) is 27.8 Å². The predicted molar refractivity (Wildman–Crippen MR) is 103 cm³/mol. The van der Waals surface area contributed by atoms with Crippen LogP contribution in [-0.2, 0) is 17.9 Å². The number of benzene rings is 1. The van der Waals surface area contributed by atoms with Crippen LogP contribution < -0.4 is 14.8 Å². The third-order valence-electron chi connectivity index (χ3n) is 4.93. The zero-order valence-electron chi connectivity index (χ0n) is 16.5. The number of methoxy groups -OCH3 is 2. The van der Waals surface area contributed by atoms with Crippen LogP contribution in [0.5, 0.6) is 11.5 Å². The fourth-order valence-electron chi connectivity index (χ4n) is 3.21. The molecule has 1 aromatic carbocycles. The average Bonchev–Trinajstić information content (AvgIpc) is 3.21. The minimum atomic E-state index is -0.0325. The minimum Gasteiger partial charge on any atom is -0.493 e. The van der Waals surface area contributed by atoms with Crippen LogP contribution in [0.15, 0.2) is 34.7 Å². The van der Waals surface area contributed by atoms with E-state index in [1.807, 2.05) is 36.2 Å². The van der Waals surface area contributed by atoms with E-state index >= 15 is 0 Å². The molecule has 6 heteroatoms. The summed E-state index contributed by atoms with van der Waals surface area (Å²) in [6.07, 6.45) is 1.21. The third kappa shape index (κ3) is 5.04. The molecule has 1 fully saturated rings. The molecule has 0 spiro atoms. The Morgan fingerprint density at radius 1 is 1.22 bits per heavy atom. The molecular weight excluding hydrogens is 344 g/mol. The number of furan rings is 1. The number of nitrogens with zero attached hydrogens (tertiary/aromatic N) is 1. The molecule has 146 valence electrons. The van der Waals surface area contributed by atoms with Crippen molar-refractivity contribution in [1.29, 1.82) is 0 Å². The highest BCUT2D eigenvalue weighted by Crippen LogP contribution is 2.47. The first-order valence-corrected chi connectivity index (χ1v) is 9.25. The number of rotatable bonds is 9. The lowest BCUT2D eigenvalue weighted by molar-refractivity contribution is -0.122. The van der Waals surface area contributed by atoms with Crippen LogP contribution >= 0.6 is 0 Å². The summed E-state index contributed by atoms with van der Waals surface area (Å²) in [5.74, 6) is 4.57. The summed E-state index contributed by atoms with van der Waals surface area (Å²) in [5.41, 5.74) is 0.956. The quantitative estimate of drug-likeness (QED) is 0.732. The highest BCUT2D eigenvalue weighted by atomic mass is 16.5. The van der Waals surface area contributed by atoms with E-state index in [1.54, 1.807) is 14.2 Å². The second-order valence-corrected chi connectivity index (χ2v) is 7.26. The Kier molecular flexibility index (Phi) is 6.06. The van der Waals surface area contributed by atoms with E-state index in [1.165, 1.54) is 6.42 Å². The van der Waals surface area contributed by atoms with Gasteiger partial charge in [0, 0.05) is 12.5 Å². The van der Waals surface area contributed by atoms with E-state index in [9.17, 15) is 4.79 Å². The molecule has 1 saturated carbocycles. The number of amides is 1. The number of carbonyl (C=O) groups excluding carboxylic acids is 1.